The first-order valence-electron chi connectivity index (χ1n) is 6.33. The minimum Gasteiger partial charge on any atom is -0.469 e. The topological polar surface area (TPSA) is 72.6 Å². The number of nitrogens with two attached hydrogens (primary N) is 1. The molecular weight excluding hydrogens is 277 g/mol. The minimum absolute atomic E-state index is 0.262. The minimum atomic E-state index is -4.50. The highest BCUT2D eigenvalue weighted by Crippen LogP contribution is 2.19. The van der Waals surface area contributed by atoms with E-state index in [-0.39, 0.29) is 13.0 Å². The molecule has 0 aliphatic heterocycles. The molecule has 0 aromatic heterocycles. The number of alkyl halides is 3. The summed E-state index contributed by atoms with van der Waals surface area (Å²) >= 11 is 0. The zero-order valence-electron chi connectivity index (χ0n) is 11.7. The van der Waals surface area contributed by atoms with Crippen LogP contribution in [0.2, 0.25) is 0 Å². The molecular formula is C12H21F3N2O3. The molecule has 0 radical (unpaired) electrons. The summed E-state index contributed by atoms with van der Waals surface area (Å²) in [4.78, 5) is 23.6. The standard InChI is InChI=1S/C12H21F3N2O3/c1-9(4-3-6-16)11(19)17(8-12(13,14)15)7-5-10(18)20-2/h9H,3-8,16H2,1-2H3. The van der Waals surface area contributed by atoms with E-state index in [0.29, 0.717) is 24.3 Å². The molecule has 0 saturated carbocycles. The molecule has 1 atom stereocenters. The van der Waals surface area contributed by atoms with Crippen molar-refractivity contribution >= 4 is 11.9 Å². The van der Waals surface area contributed by atoms with Crippen LogP contribution < -0.4 is 5.73 Å². The number of hydrogen-bond donors (Lipinski definition) is 1. The van der Waals surface area contributed by atoms with Gasteiger partial charge in [-0.05, 0) is 19.4 Å². The Kier molecular flexibility index (Phi) is 8.21. The van der Waals surface area contributed by atoms with Crippen molar-refractivity contribution in [3.05, 3.63) is 0 Å². The number of carbonyl (C=O) groups is 2. The van der Waals surface area contributed by atoms with Crippen LogP contribution in [0.5, 0.6) is 0 Å². The summed E-state index contributed by atoms with van der Waals surface area (Å²) in [7, 11) is 1.14. The lowest BCUT2D eigenvalue weighted by Gasteiger charge is -2.26. The Labute approximate surface area is 116 Å². The van der Waals surface area contributed by atoms with Gasteiger partial charge in [-0.25, -0.2) is 0 Å². The summed E-state index contributed by atoms with van der Waals surface area (Å²) in [6.07, 6.45) is -3.78. The molecule has 0 saturated heterocycles. The fraction of sp³-hybridized carbons (Fsp3) is 0.833. The average molecular weight is 298 g/mol. The zero-order chi connectivity index (χ0) is 15.8. The summed E-state index contributed by atoms with van der Waals surface area (Å²) in [5, 5.41) is 0. The van der Waals surface area contributed by atoms with Gasteiger partial charge >= 0.3 is 12.1 Å². The van der Waals surface area contributed by atoms with E-state index in [2.05, 4.69) is 4.74 Å². The lowest BCUT2D eigenvalue weighted by molar-refractivity contribution is -0.165. The average Bonchev–Trinajstić information content (AvgIpc) is 2.38. The zero-order valence-corrected chi connectivity index (χ0v) is 11.7. The van der Waals surface area contributed by atoms with E-state index in [1.165, 1.54) is 0 Å². The Hall–Kier alpha value is -1.31. The number of carbonyl (C=O) groups excluding carboxylic acids is 2. The SMILES string of the molecule is COC(=O)CCN(CC(F)(F)F)C(=O)C(C)CCCN. The first kappa shape index (κ1) is 18.7. The second kappa shape index (κ2) is 8.78. The van der Waals surface area contributed by atoms with Crippen LogP contribution in [0.1, 0.15) is 26.2 Å². The van der Waals surface area contributed by atoms with Crippen LogP contribution in [0, 0.1) is 5.92 Å². The van der Waals surface area contributed by atoms with Gasteiger partial charge in [0.15, 0.2) is 0 Å². The van der Waals surface area contributed by atoms with E-state index in [1.807, 2.05) is 0 Å². The predicted octanol–water partition coefficient (Wildman–Crippen LogP) is 1.32. The van der Waals surface area contributed by atoms with Crippen LogP contribution in [0.3, 0.4) is 0 Å². The van der Waals surface area contributed by atoms with Crippen molar-refractivity contribution in [1.29, 1.82) is 0 Å². The van der Waals surface area contributed by atoms with Gasteiger partial charge in [0, 0.05) is 12.5 Å². The molecule has 1 unspecified atom stereocenters. The maximum Gasteiger partial charge on any atom is 0.406 e. The lowest BCUT2D eigenvalue weighted by Crippen LogP contribution is -2.42. The molecule has 8 heteroatoms. The highest BCUT2D eigenvalue weighted by Gasteiger charge is 2.34. The Morgan fingerprint density at radius 1 is 1.35 bits per heavy atom. The number of halogens is 3. The van der Waals surface area contributed by atoms with Crippen LogP contribution in [0.4, 0.5) is 13.2 Å². The van der Waals surface area contributed by atoms with Crippen LogP contribution in [-0.2, 0) is 14.3 Å². The molecule has 1 amide bonds. The first-order chi connectivity index (χ1) is 9.21. The van der Waals surface area contributed by atoms with Gasteiger partial charge in [-0.3, -0.25) is 9.59 Å². The Morgan fingerprint density at radius 2 is 1.95 bits per heavy atom. The van der Waals surface area contributed by atoms with Crippen molar-refractivity contribution in [2.24, 2.45) is 11.7 Å². The second-order valence-electron chi connectivity index (χ2n) is 4.53. The third-order valence-corrected chi connectivity index (χ3v) is 2.76. The number of nitrogens with zero attached hydrogens (tertiary/aromatic N) is 1. The maximum absolute atomic E-state index is 12.5. The maximum atomic E-state index is 12.5. The number of methoxy groups -OCH3 is 1. The van der Waals surface area contributed by atoms with E-state index in [0.717, 1.165) is 7.11 Å². The summed E-state index contributed by atoms with van der Waals surface area (Å²) in [6, 6.07) is 0. The van der Waals surface area contributed by atoms with Gasteiger partial charge < -0.3 is 15.4 Å². The number of hydrogen-bond acceptors (Lipinski definition) is 4. The number of rotatable bonds is 8. The third kappa shape index (κ3) is 7.98. The highest BCUT2D eigenvalue weighted by molar-refractivity contribution is 5.79. The van der Waals surface area contributed by atoms with Crippen molar-refractivity contribution in [1.82, 2.24) is 4.90 Å². The smallest absolute Gasteiger partial charge is 0.406 e. The predicted molar refractivity (Wildman–Crippen MR) is 66.7 cm³/mol. The lowest BCUT2D eigenvalue weighted by atomic mass is 10.0. The molecule has 0 rings (SSSR count). The van der Waals surface area contributed by atoms with Crippen LogP contribution >= 0.6 is 0 Å². The Bertz CT molecular complexity index is 322. The fourth-order valence-electron chi connectivity index (χ4n) is 1.67. The normalized spacial score (nSPS) is 12.9. The molecule has 118 valence electrons. The van der Waals surface area contributed by atoms with Crippen molar-refractivity contribution in [3.8, 4) is 0 Å². The number of amides is 1. The molecule has 0 aromatic rings. The molecule has 0 aliphatic rings. The molecule has 0 heterocycles. The van der Waals surface area contributed by atoms with Gasteiger partial charge in [0.25, 0.3) is 0 Å². The molecule has 5 nitrogen and oxygen atoms in total. The van der Waals surface area contributed by atoms with Crippen molar-refractivity contribution < 1.29 is 27.5 Å². The molecule has 0 aromatic carbocycles. The molecule has 2 N–H and O–H groups in total. The Balaban J connectivity index is 4.65. The van der Waals surface area contributed by atoms with Crippen LogP contribution in [0.25, 0.3) is 0 Å². The Morgan fingerprint density at radius 3 is 2.40 bits per heavy atom. The summed E-state index contributed by atoms with van der Waals surface area (Å²) < 4.78 is 41.7. The van der Waals surface area contributed by atoms with E-state index < -0.39 is 30.5 Å². The fourth-order valence-corrected chi connectivity index (χ4v) is 1.67. The second-order valence-corrected chi connectivity index (χ2v) is 4.53. The summed E-state index contributed by atoms with van der Waals surface area (Å²) in [5.41, 5.74) is 5.31. The van der Waals surface area contributed by atoms with Crippen LogP contribution in [-0.4, -0.2) is 49.7 Å². The summed E-state index contributed by atoms with van der Waals surface area (Å²) in [5.74, 6) is -1.84. The quantitative estimate of drug-likeness (QED) is 0.686. The van der Waals surface area contributed by atoms with Gasteiger partial charge in [0.05, 0.1) is 13.5 Å². The van der Waals surface area contributed by atoms with Gasteiger partial charge in [-0.15, -0.1) is 0 Å². The largest absolute Gasteiger partial charge is 0.469 e. The number of ether oxygens (including phenoxy) is 1. The van der Waals surface area contributed by atoms with Crippen LogP contribution in [0.15, 0.2) is 0 Å². The molecule has 20 heavy (non-hydrogen) atoms. The third-order valence-electron chi connectivity index (χ3n) is 2.76. The van der Waals surface area contributed by atoms with Gasteiger partial charge in [0.1, 0.15) is 6.54 Å². The van der Waals surface area contributed by atoms with Crippen molar-refractivity contribution in [2.45, 2.75) is 32.4 Å². The van der Waals surface area contributed by atoms with E-state index in [9.17, 15) is 22.8 Å². The molecule has 0 bridgehead atoms. The van der Waals surface area contributed by atoms with Gasteiger partial charge in [-0.1, -0.05) is 6.92 Å². The summed E-state index contributed by atoms with van der Waals surface area (Å²) in [6.45, 7) is 0.256. The monoisotopic (exact) mass is 298 g/mol. The number of esters is 1. The van der Waals surface area contributed by atoms with E-state index in [1.54, 1.807) is 6.92 Å². The van der Waals surface area contributed by atoms with Crippen molar-refractivity contribution in [2.75, 3.05) is 26.7 Å². The van der Waals surface area contributed by atoms with Gasteiger partial charge in [0.2, 0.25) is 5.91 Å². The molecule has 0 spiro atoms. The van der Waals surface area contributed by atoms with Crippen molar-refractivity contribution in [3.63, 3.8) is 0 Å². The highest BCUT2D eigenvalue weighted by atomic mass is 19.4. The molecule has 0 aliphatic carbocycles. The van der Waals surface area contributed by atoms with Gasteiger partial charge in [-0.2, -0.15) is 13.2 Å². The van der Waals surface area contributed by atoms with E-state index in [4.69, 9.17) is 5.73 Å². The van der Waals surface area contributed by atoms with E-state index >= 15 is 0 Å². The first-order valence-corrected chi connectivity index (χ1v) is 6.33. The molecule has 0 fully saturated rings.